The van der Waals surface area contributed by atoms with Gasteiger partial charge in [0.15, 0.2) is 17.2 Å². The smallest absolute Gasteiger partial charge is 0.363 e. The quantitative estimate of drug-likeness (QED) is 0.275. The van der Waals surface area contributed by atoms with Crippen LogP contribution >= 0.6 is 22.6 Å². The van der Waals surface area contributed by atoms with E-state index in [9.17, 15) is 4.79 Å². The van der Waals surface area contributed by atoms with E-state index in [-0.39, 0.29) is 5.70 Å². The highest BCUT2D eigenvalue weighted by molar-refractivity contribution is 14.1. The second-order valence-electron chi connectivity index (χ2n) is 6.33. The first-order valence-corrected chi connectivity index (χ1v) is 10.2. The summed E-state index contributed by atoms with van der Waals surface area (Å²) in [4.78, 5) is 16.9. The van der Waals surface area contributed by atoms with Gasteiger partial charge >= 0.3 is 5.97 Å². The summed E-state index contributed by atoms with van der Waals surface area (Å²) in [7, 11) is 1.59. The Hall–Kier alpha value is -2.87. The van der Waals surface area contributed by atoms with Gasteiger partial charge in [-0.15, -0.1) is 0 Å². The van der Waals surface area contributed by atoms with Crippen molar-refractivity contribution in [1.29, 1.82) is 0 Å². The van der Waals surface area contributed by atoms with Gasteiger partial charge in [-0.3, -0.25) is 0 Å². The Labute approximate surface area is 182 Å². The molecule has 6 heteroatoms. The second-order valence-corrected chi connectivity index (χ2v) is 7.49. The Morgan fingerprint density at radius 1 is 1.14 bits per heavy atom. The topological polar surface area (TPSA) is 57.1 Å². The van der Waals surface area contributed by atoms with E-state index in [4.69, 9.17) is 14.2 Å². The van der Waals surface area contributed by atoms with Crippen molar-refractivity contribution in [2.75, 3.05) is 13.7 Å². The van der Waals surface area contributed by atoms with E-state index in [1.54, 1.807) is 13.2 Å². The van der Waals surface area contributed by atoms with Crippen molar-refractivity contribution in [3.8, 4) is 11.5 Å². The summed E-state index contributed by atoms with van der Waals surface area (Å²) < 4.78 is 17.4. The molecule has 3 aromatic rings. The van der Waals surface area contributed by atoms with Crippen LogP contribution in [0.4, 0.5) is 0 Å². The van der Waals surface area contributed by atoms with Crippen molar-refractivity contribution in [3.05, 3.63) is 75.0 Å². The highest BCUT2D eigenvalue weighted by Gasteiger charge is 2.25. The molecule has 5 nitrogen and oxygen atoms in total. The van der Waals surface area contributed by atoms with E-state index in [1.165, 1.54) is 0 Å². The third-order valence-corrected chi connectivity index (χ3v) is 5.29. The summed E-state index contributed by atoms with van der Waals surface area (Å²) in [5.41, 5.74) is 1.82. The SMILES string of the molecule is CCOc1c(I)cc(/C=C2\N=C(c3cccc4ccccc34)OC2=O)cc1OC. The fourth-order valence-electron chi connectivity index (χ4n) is 3.20. The predicted molar refractivity (Wildman–Crippen MR) is 121 cm³/mol. The molecule has 1 heterocycles. The molecule has 0 aromatic heterocycles. The van der Waals surface area contributed by atoms with Gasteiger partial charge in [-0.2, -0.15) is 0 Å². The van der Waals surface area contributed by atoms with Crippen LogP contribution in [0.3, 0.4) is 0 Å². The first kappa shape index (κ1) is 19.4. The standard InChI is InChI=1S/C23H18INO4/c1-3-28-21-18(24)11-14(13-20(21)27-2)12-19-23(26)29-22(25-19)17-10-6-8-15-7-4-5-9-16(15)17/h4-13H,3H2,1-2H3/b19-12-. The van der Waals surface area contributed by atoms with Crippen molar-refractivity contribution < 1.29 is 19.0 Å². The van der Waals surface area contributed by atoms with Crippen molar-refractivity contribution >= 4 is 51.3 Å². The van der Waals surface area contributed by atoms with Gasteiger partial charge in [0.1, 0.15) is 0 Å². The Morgan fingerprint density at radius 3 is 2.72 bits per heavy atom. The molecule has 0 unspecified atom stereocenters. The molecule has 146 valence electrons. The van der Waals surface area contributed by atoms with Gasteiger partial charge in [0.25, 0.3) is 0 Å². The van der Waals surface area contributed by atoms with Crippen molar-refractivity contribution in [1.82, 2.24) is 0 Å². The zero-order valence-corrected chi connectivity index (χ0v) is 18.1. The lowest BCUT2D eigenvalue weighted by molar-refractivity contribution is -0.129. The third kappa shape index (κ3) is 3.85. The number of halogens is 1. The molecular formula is C23H18INO4. The molecule has 1 aliphatic heterocycles. The van der Waals surface area contributed by atoms with Crippen LogP contribution in [0.25, 0.3) is 16.8 Å². The van der Waals surface area contributed by atoms with Crippen LogP contribution in [0.1, 0.15) is 18.1 Å². The number of aliphatic imine (C=N–C) groups is 1. The fourth-order valence-corrected chi connectivity index (χ4v) is 3.98. The number of rotatable bonds is 5. The molecule has 0 amide bonds. The molecule has 0 saturated heterocycles. The summed E-state index contributed by atoms with van der Waals surface area (Å²) in [6, 6.07) is 17.5. The van der Waals surface area contributed by atoms with Gasteiger partial charge in [0, 0.05) is 5.56 Å². The summed E-state index contributed by atoms with van der Waals surface area (Å²) in [6.45, 7) is 2.46. The number of methoxy groups -OCH3 is 1. The first-order valence-electron chi connectivity index (χ1n) is 9.11. The average molecular weight is 499 g/mol. The summed E-state index contributed by atoms with van der Waals surface area (Å²) in [6.07, 6.45) is 1.70. The Balaban J connectivity index is 1.74. The lowest BCUT2D eigenvalue weighted by Crippen LogP contribution is -2.05. The predicted octanol–water partition coefficient (Wildman–Crippen LogP) is 5.20. The number of esters is 1. The minimum atomic E-state index is -0.476. The molecule has 1 aliphatic rings. The van der Waals surface area contributed by atoms with E-state index < -0.39 is 5.97 Å². The number of fused-ring (bicyclic) bond motifs is 1. The van der Waals surface area contributed by atoms with E-state index in [1.807, 2.05) is 61.5 Å². The Kier molecular flexibility index (Phi) is 5.53. The molecule has 0 saturated carbocycles. The first-order chi connectivity index (χ1) is 14.1. The third-order valence-electron chi connectivity index (χ3n) is 4.48. The minimum Gasteiger partial charge on any atom is -0.493 e. The van der Waals surface area contributed by atoms with Gasteiger partial charge in [-0.05, 0) is 70.1 Å². The van der Waals surface area contributed by atoms with Crippen LogP contribution in [-0.2, 0) is 9.53 Å². The van der Waals surface area contributed by atoms with Gasteiger partial charge < -0.3 is 14.2 Å². The van der Waals surface area contributed by atoms with E-state index in [0.29, 0.717) is 24.0 Å². The molecule has 0 bridgehead atoms. The molecular weight excluding hydrogens is 481 g/mol. The molecule has 4 rings (SSSR count). The van der Waals surface area contributed by atoms with E-state index in [0.717, 1.165) is 25.5 Å². The zero-order valence-electron chi connectivity index (χ0n) is 15.9. The number of cyclic esters (lactones) is 1. The molecule has 29 heavy (non-hydrogen) atoms. The lowest BCUT2D eigenvalue weighted by atomic mass is 10.0. The van der Waals surface area contributed by atoms with Gasteiger partial charge in [-0.25, -0.2) is 9.79 Å². The molecule has 3 aromatic carbocycles. The highest BCUT2D eigenvalue weighted by atomic mass is 127. The number of ether oxygens (including phenoxy) is 3. The summed E-state index contributed by atoms with van der Waals surface area (Å²) in [5, 5.41) is 2.05. The molecule has 0 aliphatic carbocycles. The van der Waals surface area contributed by atoms with Crippen LogP contribution in [0.5, 0.6) is 11.5 Å². The van der Waals surface area contributed by atoms with Crippen molar-refractivity contribution in [2.45, 2.75) is 6.92 Å². The number of benzene rings is 3. The number of carbonyl (C=O) groups is 1. The molecule has 0 atom stereocenters. The van der Waals surface area contributed by atoms with Crippen LogP contribution in [0, 0.1) is 3.57 Å². The minimum absolute atomic E-state index is 0.245. The summed E-state index contributed by atoms with van der Waals surface area (Å²) >= 11 is 2.19. The van der Waals surface area contributed by atoms with Crippen LogP contribution in [0.15, 0.2) is 65.3 Å². The maximum atomic E-state index is 12.4. The van der Waals surface area contributed by atoms with E-state index >= 15 is 0 Å². The Morgan fingerprint density at radius 2 is 1.93 bits per heavy atom. The highest BCUT2D eigenvalue weighted by Crippen LogP contribution is 2.35. The number of hydrogen-bond acceptors (Lipinski definition) is 5. The van der Waals surface area contributed by atoms with Gasteiger partial charge in [0.05, 0.1) is 17.3 Å². The van der Waals surface area contributed by atoms with Crippen LogP contribution in [-0.4, -0.2) is 25.6 Å². The van der Waals surface area contributed by atoms with Crippen molar-refractivity contribution in [3.63, 3.8) is 0 Å². The Bertz CT molecular complexity index is 1160. The molecule has 0 radical (unpaired) electrons. The second kappa shape index (κ2) is 8.24. The van der Waals surface area contributed by atoms with Crippen LogP contribution < -0.4 is 9.47 Å². The van der Waals surface area contributed by atoms with Gasteiger partial charge in [-0.1, -0.05) is 36.4 Å². The number of hydrogen-bond donors (Lipinski definition) is 0. The van der Waals surface area contributed by atoms with Gasteiger partial charge in [0.2, 0.25) is 5.90 Å². The average Bonchev–Trinajstić information content (AvgIpc) is 3.09. The number of carbonyl (C=O) groups excluding carboxylic acids is 1. The van der Waals surface area contributed by atoms with E-state index in [2.05, 4.69) is 27.6 Å². The summed E-state index contributed by atoms with van der Waals surface area (Å²) in [5.74, 6) is 1.13. The number of nitrogens with zero attached hydrogens (tertiary/aromatic N) is 1. The van der Waals surface area contributed by atoms with Crippen LogP contribution in [0.2, 0.25) is 0 Å². The fraction of sp³-hybridized carbons (Fsp3) is 0.130. The maximum Gasteiger partial charge on any atom is 0.363 e. The molecule has 0 spiro atoms. The lowest BCUT2D eigenvalue weighted by Gasteiger charge is -2.12. The maximum absolute atomic E-state index is 12.4. The molecule has 0 N–H and O–H groups in total. The largest absolute Gasteiger partial charge is 0.493 e. The molecule has 0 fully saturated rings. The normalized spacial score (nSPS) is 14.8. The zero-order chi connectivity index (χ0) is 20.4. The van der Waals surface area contributed by atoms with Crippen molar-refractivity contribution in [2.24, 2.45) is 4.99 Å². The monoisotopic (exact) mass is 499 g/mol.